The fraction of sp³-hybridized carbons (Fsp3) is 0.0556. The highest BCUT2D eigenvalue weighted by Crippen LogP contribution is 2.26. The minimum absolute atomic E-state index is 0.000764. The Morgan fingerprint density at radius 2 is 2.00 bits per heavy atom. The van der Waals surface area contributed by atoms with E-state index in [1.165, 1.54) is 30.0 Å². The molecule has 0 spiro atoms. The van der Waals surface area contributed by atoms with Crippen molar-refractivity contribution in [2.24, 2.45) is 0 Å². The quantitative estimate of drug-likeness (QED) is 0.420. The van der Waals surface area contributed by atoms with Crippen molar-refractivity contribution >= 4 is 11.9 Å². The second-order valence-electron chi connectivity index (χ2n) is 5.13. The molecule has 0 saturated carbocycles. The summed E-state index contributed by atoms with van der Waals surface area (Å²) in [5, 5.41) is 12.0. The molecule has 7 nitrogen and oxygen atoms in total. The summed E-state index contributed by atoms with van der Waals surface area (Å²) in [6.45, 7) is 0. The number of phenols is 1. The number of carbonyl (C=O) groups excluding carboxylic acids is 1. The fourth-order valence-corrected chi connectivity index (χ4v) is 2.29. The van der Waals surface area contributed by atoms with Crippen LogP contribution in [0.3, 0.4) is 0 Å². The Hall–Kier alpha value is -3.61. The number of hydrogen-bond donors (Lipinski definition) is 2. The summed E-state index contributed by atoms with van der Waals surface area (Å²) in [5.74, 6) is -0.236. The molecule has 0 fully saturated rings. The normalized spacial score (nSPS) is 10.9. The number of nitrogens with one attached hydrogen (secondary N) is 1. The van der Waals surface area contributed by atoms with E-state index < -0.39 is 11.4 Å². The molecule has 1 aromatic heterocycles. The van der Waals surface area contributed by atoms with Gasteiger partial charge in [0.2, 0.25) is 5.69 Å². The largest absolute Gasteiger partial charge is 0.504 e. The third kappa shape index (κ3) is 3.35. The minimum Gasteiger partial charge on any atom is -0.504 e. The molecule has 0 radical (unpaired) electrons. The van der Waals surface area contributed by atoms with Gasteiger partial charge in [-0.05, 0) is 33.7 Å². The number of benzene rings is 2. The maximum atomic E-state index is 12.4. The highest BCUT2D eigenvalue weighted by Gasteiger charge is 2.28. The van der Waals surface area contributed by atoms with E-state index in [4.69, 9.17) is 9.26 Å². The van der Waals surface area contributed by atoms with Gasteiger partial charge in [-0.3, -0.25) is 9.32 Å². The molecule has 0 unspecified atom stereocenters. The van der Waals surface area contributed by atoms with Crippen molar-refractivity contribution in [1.82, 2.24) is 5.27 Å². The standard InChI is InChI=1S/C18H14N2O5/c1-24-16-11-12(7-9-14(16)21)8-10-15(22)17-18(23)25-19-20(17)13-5-3-2-4-6-13/h2-11H,1H3,(H-,19,21,22,23)/p+1. The second-order valence-corrected chi connectivity index (χ2v) is 5.13. The van der Waals surface area contributed by atoms with E-state index in [1.807, 2.05) is 6.07 Å². The van der Waals surface area contributed by atoms with Gasteiger partial charge in [0.1, 0.15) is 0 Å². The Bertz CT molecular complexity index is 986. The lowest BCUT2D eigenvalue weighted by atomic mass is 10.1. The molecule has 2 N–H and O–H groups in total. The van der Waals surface area contributed by atoms with E-state index >= 15 is 0 Å². The van der Waals surface area contributed by atoms with Crippen LogP contribution < -0.4 is 15.0 Å². The van der Waals surface area contributed by atoms with Crippen LogP contribution in [0.4, 0.5) is 0 Å². The van der Waals surface area contributed by atoms with E-state index in [2.05, 4.69) is 5.27 Å². The third-order valence-electron chi connectivity index (χ3n) is 3.53. The fourth-order valence-electron chi connectivity index (χ4n) is 2.29. The number of ether oxygens (including phenoxy) is 1. The van der Waals surface area contributed by atoms with Gasteiger partial charge in [-0.1, -0.05) is 30.3 Å². The first-order valence-electron chi connectivity index (χ1n) is 7.38. The van der Waals surface area contributed by atoms with Gasteiger partial charge in [-0.15, -0.1) is 0 Å². The van der Waals surface area contributed by atoms with Crippen LogP contribution in [0, 0.1) is 0 Å². The lowest BCUT2D eigenvalue weighted by molar-refractivity contribution is -0.672. The van der Waals surface area contributed by atoms with Crippen LogP contribution in [0.2, 0.25) is 0 Å². The first-order chi connectivity index (χ1) is 12.1. The maximum absolute atomic E-state index is 12.4. The molecule has 0 atom stereocenters. The van der Waals surface area contributed by atoms with Crippen LogP contribution in [-0.4, -0.2) is 23.3 Å². The van der Waals surface area contributed by atoms with Gasteiger partial charge < -0.3 is 9.84 Å². The molecule has 25 heavy (non-hydrogen) atoms. The summed E-state index contributed by atoms with van der Waals surface area (Å²) < 4.78 is 11.1. The number of rotatable bonds is 5. The van der Waals surface area contributed by atoms with E-state index in [-0.39, 0.29) is 17.2 Å². The Morgan fingerprint density at radius 1 is 1.24 bits per heavy atom. The molecule has 0 aliphatic carbocycles. The molecular formula is C18H15N2O5+. The van der Waals surface area contributed by atoms with Gasteiger partial charge in [0, 0.05) is 12.1 Å². The number of allylic oxidation sites excluding steroid dienone is 1. The number of ketones is 1. The van der Waals surface area contributed by atoms with Crippen molar-refractivity contribution in [3.63, 3.8) is 0 Å². The second kappa shape index (κ2) is 6.88. The third-order valence-corrected chi connectivity index (χ3v) is 3.53. The van der Waals surface area contributed by atoms with Gasteiger partial charge in [-0.25, -0.2) is 4.79 Å². The number of nitrogens with zero attached hydrogens (tertiary/aromatic N) is 1. The van der Waals surface area contributed by atoms with Gasteiger partial charge >= 0.3 is 11.3 Å². The molecule has 2 aromatic carbocycles. The SMILES string of the molecule is COc1cc(/C=C/C(=O)c2c(=O)o[nH][n+]2-c2ccccc2)ccc1O. The summed E-state index contributed by atoms with van der Waals surface area (Å²) in [6, 6.07) is 13.5. The van der Waals surface area contributed by atoms with Crippen molar-refractivity contribution < 1.29 is 23.8 Å². The van der Waals surface area contributed by atoms with Crippen LogP contribution in [0.15, 0.2) is 63.9 Å². The van der Waals surface area contributed by atoms with Crippen LogP contribution in [0.5, 0.6) is 11.5 Å². The summed E-state index contributed by atoms with van der Waals surface area (Å²) in [6.07, 6.45) is 2.78. The van der Waals surface area contributed by atoms with E-state index in [9.17, 15) is 14.7 Å². The molecule has 0 bridgehead atoms. The molecule has 0 amide bonds. The Balaban J connectivity index is 1.92. The number of hydrogen-bond acceptors (Lipinski definition) is 5. The molecule has 126 valence electrons. The van der Waals surface area contributed by atoms with Crippen molar-refractivity contribution in [1.29, 1.82) is 0 Å². The summed E-state index contributed by atoms with van der Waals surface area (Å²) in [4.78, 5) is 24.3. The predicted molar refractivity (Wildman–Crippen MR) is 88.9 cm³/mol. The number of H-pyrrole nitrogens is 1. The van der Waals surface area contributed by atoms with Crippen LogP contribution >= 0.6 is 0 Å². The Morgan fingerprint density at radius 3 is 2.72 bits per heavy atom. The molecule has 3 aromatic rings. The van der Waals surface area contributed by atoms with Crippen molar-refractivity contribution in [2.45, 2.75) is 0 Å². The summed E-state index contributed by atoms with van der Waals surface area (Å²) in [7, 11) is 1.43. The van der Waals surface area contributed by atoms with E-state index in [0.717, 1.165) is 0 Å². The van der Waals surface area contributed by atoms with Crippen LogP contribution in [-0.2, 0) is 0 Å². The lowest BCUT2D eigenvalue weighted by Crippen LogP contribution is -2.40. The average molecular weight is 339 g/mol. The predicted octanol–water partition coefficient (Wildman–Crippen LogP) is 1.85. The molecule has 0 saturated heterocycles. The number of aromatic hydroxyl groups is 1. The van der Waals surface area contributed by atoms with Gasteiger partial charge in [0.05, 0.1) is 7.11 Å². The van der Waals surface area contributed by atoms with Crippen molar-refractivity contribution in [3.8, 4) is 17.2 Å². The highest BCUT2D eigenvalue weighted by atomic mass is 16.5. The Labute approximate surface area is 142 Å². The zero-order valence-corrected chi connectivity index (χ0v) is 13.3. The number of carbonyl (C=O) groups is 1. The zero-order chi connectivity index (χ0) is 17.8. The number of para-hydroxylation sites is 1. The summed E-state index contributed by atoms with van der Waals surface area (Å²) in [5.41, 5.74) is 0.320. The molecule has 1 heterocycles. The number of aromatic nitrogens is 2. The lowest BCUT2D eigenvalue weighted by Gasteiger charge is -2.03. The first-order valence-corrected chi connectivity index (χ1v) is 7.38. The van der Waals surface area contributed by atoms with Gasteiger partial charge in [0.25, 0.3) is 5.78 Å². The van der Waals surface area contributed by atoms with Gasteiger partial charge in [-0.2, -0.15) is 0 Å². The smallest absolute Gasteiger partial charge is 0.439 e. The topological polar surface area (TPSA) is 96.4 Å². The zero-order valence-electron chi connectivity index (χ0n) is 13.3. The molecule has 7 heteroatoms. The van der Waals surface area contributed by atoms with Crippen molar-refractivity contribution in [2.75, 3.05) is 7.11 Å². The van der Waals surface area contributed by atoms with Crippen LogP contribution in [0.25, 0.3) is 11.8 Å². The van der Waals surface area contributed by atoms with E-state index in [0.29, 0.717) is 11.3 Å². The Kier molecular flexibility index (Phi) is 4.47. The number of methoxy groups -OCH3 is 1. The number of phenolic OH excluding ortho intramolecular Hbond substituents is 1. The molecule has 0 aliphatic heterocycles. The molecular weight excluding hydrogens is 324 g/mol. The average Bonchev–Trinajstić information content (AvgIpc) is 3.03. The van der Waals surface area contributed by atoms with E-state index in [1.54, 1.807) is 36.4 Å². The summed E-state index contributed by atoms with van der Waals surface area (Å²) >= 11 is 0. The van der Waals surface area contributed by atoms with Gasteiger partial charge in [0.15, 0.2) is 11.5 Å². The van der Waals surface area contributed by atoms with Crippen LogP contribution in [0.1, 0.15) is 16.1 Å². The minimum atomic E-state index is -0.762. The monoisotopic (exact) mass is 339 g/mol. The first kappa shape index (κ1) is 16.3. The maximum Gasteiger partial charge on any atom is 0.439 e. The van der Waals surface area contributed by atoms with Crippen molar-refractivity contribution in [3.05, 3.63) is 76.3 Å². The number of aromatic amines is 1. The molecule has 0 aliphatic rings. The highest BCUT2D eigenvalue weighted by molar-refractivity contribution is 6.04. The molecule has 3 rings (SSSR count).